The Bertz CT molecular complexity index is 205. The Morgan fingerprint density at radius 3 is 2.12 bits per heavy atom. The first-order valence-electron chi connectivity index (χ1n) is 5.91. The van der Waals surface area contributed by atoms with Crippen molar-refractivity contribution in [2.24, 2.45) is 0 Å². The van der Waals surface area contributed by atoms with Crippen LogP contribution in [0, 0.1) is 0 Å². The number of hydrogen-bond donors (Lipinski definition) is 1. The van der Waals surface area contributed by atoms with E-state index < -0.39 is 0 Å². The zero-order chi connectivity index (χ0) is 12.7. The number of ether oxygens (including phenoxy) is 1. The second-order valence-corrected chi connectivity index (χ2v) is 6.35. The summed E-state index contributed by atoms with van der Waals surface area (Å²) in [5, 5.41) is 3.78. The van der Waals surface area contributed by atoms with E-state index in [1.54, 1.807) is 11.8 Å². The van der Waals surface area contributed by atoms with Crippen molar-refractivity contribution in [2.45, 2.75) is 65.0 Å². The maximum absolute atomic E-state index is 11.8. The Balaban J connectivity index is 4.23. The Kier molecular flexibility index (Phi) is 7.85. The van der Waals surface area contributed by atoms with Gasteiger partial charge in [-0.3, -0.25) is 4.79 Å². The smallest absolute Gasteiger partial charge is 0.324 e. The molecule has 0 saturated carbocycles. The summed E-state index contributed by atoms with van der Waals surface area (Å²) >= 11 is 1.77. The fourth-order valence-electron chi connectivity index (χ4n) is 1.19. The molecular weight excluding hydrogens is 222 g/mol. The zero-order valence-corrected chi connectivity index (χ0v) is 12.1. The van der Waals surface area contributed by atoms with Gasteiger partial charge in [0.2, 0.25) is 0 Å². The molecule has 1 atom stereocenters. The van der Waals surface area contributed by atoms with E-state index in [0.717, 1.165) is 5.75 Å². The van der Waals surface area contributed by atoms with Gasteiger partial charge in [-0.1, -0.05) is 27.7 Å². The van der Waals surface area contributed by atoms with E-state index in [1.165, 1.54) is 0 Å². The van der Waals surface area contributed by atoms with Gasteiger partial charge in [0.1, 0.15) is 6.04 Å². The van der Waals surface area contributed by atoms with Crippen LogP contribution >= 0.6 is 11.8 Å². The number of rotatable bonds is 7. The molecule has 96 valence electrons. The van der Waals surface area contributed by atoms with Gasteiger partial charge < -0.3 is 10.1 Å². The molecule has 0 aromatic heterocycles. The molecule has 0 fully saturated rings. The van der Waals surface area contributed by atoms with Crippen molar-refractivity contribution < 1.29 is 9.53 Å². The van der Waals surface area contributed by atoms with Crippen molar-refractivity contribution in [1.29, 1.82) is 0 Å². The molecule has 0 aliphatic rings. The van der Waals surface area contributed by atoms with E-state index in [2.05, 4.69) is 19.2 Å². The van der Waals surface area contributed by atoms with Crippen LogP contribution in [0.3, 0.4) is 0 Å². The highest BCUT2D eigenvalue weighted by atomic mass is 32.2. The van der Waals surface area contributed by atoms with Gasteiger partial charge in [-0.05, 0) is 19.1 Å². The largest absolute Gasteiger partial charge is 0.462 e. The Morgan fingerprint density at radius 1 is 1.19 bits per heavy atom. The van der Waals surface area contributed by atoms with E-state index in [0.29, 0.717) is 5.25 Å². The quantitative estimate of drug-likeness (QED) is 0.701. The summed E-state index contributed by atoms with van der Waals surface area (Å²) in [6, 6.07) is 0.0901. The molecule has 0 bridgehead atoms. The van der Waals surface area contributed by atoms with Gasteiger partial charge in [0.15, 0.2) is 0 Å². The molecule has 0 rings (SSSR count). The van der Waals surface area contributed by atoms with Gasteiger partial charge in [0.05, 0.1) is 6.10 Å². The Labute approximate surface area is 104 Å². The Hall–Kier alpha value is -0.220. The predicted molar refractivity (Wildman–Crippen MR) is 70.9 cm³/mol. The summed E-state index contributed by atoms with van der Waals surface area (Å²) in [4.78, 5) is 11.8. The lowest BCUT2D eigenvalue weighted by molar-refractivity contribution is -0.149. The van der Waals surface area contributed by atoms with Crippen molar-refractivity contribution in [3.63, 3.8) is 0 Å². The van der Waals surface area contributed by atoms with Crippen molar-refractivity contribution in [3.05, 3.63) is 0 Å². The first-order valence-corrected chi connectivity index (χ1v) is 6.96. The SMILES string of the molecule is CC(C)NC(CSC(C)C)C(=O)OC(C)C. The molecular formula is C12H25NO2S. The van der Waals surface area contributed by atoms with Gasteiger partial charge in [-0.15, -0.1) is 0 Å². The summed E-state index contributed by atoms with van der Waals surface area (Å²) in [7, 11) is 0. The third kappa shape index (κ3) is 7.99. The molecule has 0 aliphatic carbocycles. The summed E-state index contributed by atoms with van der Waals surface area (Å²) in [5.74, 6) is 0.623. The highest BCUT2D eigenvalue weighted by Crippen LogP contribution is 2.12. The molecule has 0 aliphatic heterocycles. The molecule has 0 aromatic rings. The predicted octanol–water partition coefficient (Wildman–Crippen LogP) is 2.45. The molecule has 0 saturated heterocycles. The van der Waals surface area contributed by atoms with Crippen molar-refractivity contribution in [1.82, 2.24) is 5.32 Å². The summed E-state index contributed by atoms with van der Waals surface area (Å²) in [6.45, 7) is 12.1. The molecule has 4 heteroatoms. The van der Waals surface area contributed by atoms with Crippen molar-refractivity contribution >= 4 is 17.7 Å². The first-order chi connectivity index (χ1) is 7.32. The standard InChI is InChI=1S/C12H25NO2S/c1-8(2)13-11(7-16-10(5)6)12(14)15-9(3)4/h8-11,13H,7H2,1-6H3. The lowest BCUT2D eigenvalue weighted by Crippen LogP contribution is -2.44. The monoisotopic (exact) mass is 247 g/mol. The minimum Gasteiger partial charge on any atom is -0.462 e. The van der Waals surface area contributed by atoms with Gasteiger partial charge >= 0.3 is 5.97 Å². The van der Waals surface area contributed by atoms with Crippen molar-refractivity contribution in [2.75, 3.05) is 5.75 Å². The van der Waals surface area contributed by atoms with Crippen LogP contribution < -0.4 is 5.32 Å². The third-order valence-corrected chi connectivity index (χ3v) is 2.96. The van der Waals surface area contributed by atoms with E-state index in [-0.39, 0.29) is 24.2 Å². The van der Waals surface area contributed by atoms with Crippen molar-refractivity contribution in [3.8, 4) is 0 Å². The van der Waals surface area contributed by atoms with Crippen LogP contribution in [-0.4, -0.2) is 35.2 Å². The van der Waals surface area contributed by atoms with E-state index in [9.17, 15) is 4.79 Å². The first kappa shape index (κ1) is 15.8. The molecule has 0 heterocycles. The van der Waals surface area contributed by atoms with Crippen LogP contribution in [0.15, 0.2) is 0 Å². The Morgan fingerprint density at radius 2 is 1.75 bits per heavy atom. The normalized spacial score (nSPS) is 13.6. The van der Waals surface area contributed by atoms with E-state index >= 15 is 0 Å². The van der Waals surface area contributed by atoms with Crippen LogP contribution in [0.1, 0.15) is 41.5 Å². The van der Waals surface area contributed by atoms with E-state index in [4.69, 9.17) is 4.74 Å². The minimum absolute atomic E-state index is 0.0481. The fourth-order valence-corrected chi connectivity index (χ4v) is 2.00. The molecule has 0 aromatic carbocycles. The van der Waals surface area contributed by atoms with Gasteiger partial charge in [0.25, 0.3) is 0 Å². The second-order valence-electron chi connectivity index (χ2n) is 4.74. The number of hydrogen-bond acceptors (Lipinski definition) is 4. The average molecular weight is 247 g/mol. The van der Waals surface area contributed by atoms with E-state index in [1.807, 2.05) is 27.7 Å². The lowest BCUT2D eigenvalue weighted by Gasteiger charge is -2.21. The summed E-state index contributed by atoms with van der Waals surface area (Å²) in [6.07, 6.45) is -0.0481. The molecule has 3 nitrogen and oxygen atoms in total. The molecule has 1 N–H and O–H groups in total. The number of thioether (sulfide) groups is 1. The fraction of sp³-hybridized carbons (Fsp3) is 0.917. The van der Waals surface area contributed by atoms with Crippen LogP contribution in [0.4, 0.5) is 0 Å². The minimum atomic E-state index is -0.199. The van der Waals surface area contributed by atoms with Crippen LogP contribution in [0.2, 0.25) is 0 Å². The van der Waals surface area contributed by atoms with Gasteiger partial charge in [-0.2, -0.15) is 11.8 Å². The molecule has 0 spiro atoms. The molecule has 16 heavy (non-hydrogen) atoms. The lowest BCUT2D eigenvalue weighted by atomic mass is 10.3. The van der Waals surface area contributed by atoms with Crippen LogP contribution in [0.5, 0.6) is 0 Å². The molecule has 1 unspecified atom stereocenters. The maximum atomic E-state index is 11.8. The average Bonchev–Trinajstić information content (AvgIpc) is 2.09. The highest BCUT2D eigenvalue weighted by molar-refractivity contribution is 7.99. The topological polar surface area (TPSA) is 38.3 Å². The maximum Gasteiger partial charge on any atom is 0.324 e. The van der Waals surface area contributed by atoms with Gasteiger partial charge in [0, 0.05) is 11.8 Å². The summed E-state index contributed by atoms with van der Waals surface area (Å²) in [5.41, 5.74) is 0. The van der Waals surface area contributed by atoms with Crippen LogP contribution in [0.25, 0.3) is 0 Å². The second kappa shape index (κ2) is 7.96. The number of carbonyl (C=O) groups is 1. The number of nitrogens with one attached hydrogen (secondary N) is 1. The molecule has 0 amide bonds. The van der Waals surface area contributed by atoms with Gasteiger partial charge in [-0.25, -0.2) is 0 Å². The zero-order valence-electron chi connectivity index (χ0n) is 11.2. The third-order valence-electron chi connectivity index (χ3n) is 1.77. The highest BCUT2D eigenvalue weighted by Gasteiger charge is 2.21. The summed E-state index contributed by atoms with van der Waals surface area (Å²) < 4.78 is 5.23. The van der Waals surface area contributed by atoms with Crippen LogP contribution in [-0.2, 0) is 9.53 Å². The number of carbonyl (C=O) groups excluding carboxylic acids is 1. The number of esters is 1. The molecule has 0 radical (unpaired) electrons.